The van der Waals surface area contributed by atoms with Crippen molar-refractivity contribution in [3.05, 3.63) is 27.7 Å². The number of rotatable bonds is 4. The normalized spacial score (nSPS) is 20.1. The number of hydrogen-bond donors (Lipinski definition) is 1. The molecule has 0 radical (unpaired) electrons. The SMILES string of the molecule is COC(C)CNC1CCOc2c(Cl)cc(Cl)cc21. The van der Waals surface area contributed by atoms with Crippen LogP contribution in [0.15, 0.2) is 12.1 Å². The highest BCUT2D eigenvalue weighted by atomic mass is 35.5. The smallest absolute Gasteiger partial charge is 0.142 e. The highest BCUT2D eigenvalue weighted by Crippen LogP contribution is 2.39. The third kappa shape index (κ3) is 3.09. The Balaban J connectivity index is 2.17. The topological polar surface area (TPSA) is 30.5 Å². The molecule has 0 bridgehead atoms. The van der Waals surface area contributed by atoms with Gasteiger partial charge in [-0.05, 0) is 19.1 Å². The molecule has 0 fully saturated rings. The van der Waals surface area contributed by atoms with Gasteiger partial charge in [0.15, 0.2) is 0 Å². The monoisotopic (exact) mass is 289 g/mol. The average Bonchev–Trinajstić information content (AvgIpc) is 2.36. The molecule has 18 heavy (non-hydrogen) atoms. The molecule has 2 atom stereocenters. The maximum atomic E-state index is 6.14. The number of benzene rings is 1. The molecule has 1 aromatic carbocycles. The fourth-order valence-corrected chi connectivity index (χ4v) is 2.59. The summed E-state index contributed by atoms with van der Waals surface area (Å²) in [5, 5.41) is 4.67. The first kappa shape index (κ1) is 13.9. The van der Waals surface area contributed by atoms with Gasteiger partial charge in [0.2, 0.25) is 0 Å². The lowest BCUT2D eigenvalue weighted by molar-refractivity contribution is 0.111. The van der Waals surface area contributed by atoms with E-state index in [1.165, 1.54) is 0 Å². The lowest BCUT2D eigenvalue weighted by atomic mass is 10.0. The summed E-state index contributed by atoms with van der Waals surface area (Å²) in [5.74, 6) is 0.745. The number of nitrogens with one attached hydrogen (secondary N) is 1. The van der Waals surface area contributed by atoms with Gasteiger partial charge in [-0.1, -0.05) is 23.2 Å². The summed E-state index contributed by atoms with van der Waals surface area (Å²) in [6.07, 6.45) is 1.08. The van der Waals surface area contributed by atoms with Crippen LogP contribution < -0.4 is 10.1 Å². The van der Waals surface area contributed by atoms with Crippen LogP contribution in [0.2, 0.25) is 10.0 Å². The molecule has 1 aromatic rings. The predicted molar refractivity (Wildman–Crippen MR) is 73.8 cm³/mol. The fourth-order valence-electron chi connectivity index (χ4n) is 2.03. The average molecular weight is 290 g/mol. The third-order valence-electron chi connectivity index (χ3n) is 3.12. The summed E-state index contributed by atoms with van der Waals surface area (Å²) < 4.78 is 10.8. The molecule has 0 spiro atoms. The minimum absolute atomic E-state index is 0.172. The van der Waals surface area contributed by atoms with Gasteiger partial charge in [0, 0.05) is 36.7 Å². The van der Waals surface area contributed by atoms with E-state index in [4.69, 9.17) is 32.7 Å². The second-order valence-electron chi connectivity index (χ2n) is 4.45. The molecule has 5 heteroatoms. The Labute approximate surface area is 117 Å². The Morgan fingerprint density at radius 1 is 1.50 bits per heavy atom. The Hall–Kier alpha value is -0.480. The van der Waals surface area contributed by atoms with Crippen LogP contribution >= 0.6 is 23.2 Å². The molecule has 0 aromatic heterocycles. The van der Waals surface area contributed by atoms with E-state index in [2.05, 4.69) is 5.32 Å². The van der Waals surface area contributed by atoms with Crippen LogP contribution in [0.25, 0.3) is 0 Å². The van der Waals surface area contributed by atoms with E-state index in [1.807, 2.05) is 13.0 Å². The van der Waals surface area contributed by atoms with Crippen LogP contribution in [0.3, 0.4) is 0 Å². The van der Waals surface area contributed by atoms with Crippen LogP contribution in [0, 0.1) is 0 Å². The van der Waals surface area contributed by atoms with Crippen LogP contribution in [0.4, 0.5) is 0 Å². The standard InChI is InChI=1S/C13H17Cl2NO2/c1-8(17-2)7-16-12-3-4-18-13-10(12)5-9(14)6-11(13)15/h5-6,8,12,16H,3-4,7H2,1-2H3. The lowest BCUT2D eigenvalue weighted by Crippen LogP contribution is -2.33. The van der Waals surface area contributed by atoms with Crippen molar-refractivity contribution in [2.24, 2.45) is 0 Å². The van der Waals surface area contributed by atoms with Crippen LogP contribution in [0.5, 0.6) is 5.75 Å². The van der Waals surface area contributed by atoms with Crippen molar-refractivity contribution in [1.82, 2.24) is 5.32 Å². The lowest BCUT2D eigenvalue weighted by Gasteiger charge is -2.28. The summed E-state index contributed by atoms with van der Waals surface area (Å²) >= 11 is 12.2. The number of fused-ring (bicyclic) bond motifs is 1. The van der Waals surface area contributed by atoms with Crippen molar-refractivity contribution in [1.29, 1.82) is 0 Å². The van der Waals surface area contributed by atoms with Gasteiger partial charge < -0.3 is 14.8 Å². The van der Waals surface area contributed by atoms with Gasteiger partial charge in [-0.25, -0.2) is 0 Å². The quantitative estimate of drug-likeness (QED) is 0.921. The molecule has 1 aliphatic rings. The summed E-state index contributed by atoms with van der Waals surface area (Å²) in [5.41, 5.74) is 1.03. The van der Waals surface area contributed by atoms with E-state index in [9.17, 15) is 0 Å². The van der Waals surface area contributed by atoms with Crippen molar-refractivity contribution in [3.8, 4) is 5.75 Å². The molecule has 0 amide bonds. The Kier molecular flexibility index (Phi) is 4.73. The largest absolute Gasteiger partial charge is 0.492 e. The Morgan fingerprint density at radius 2 is 2.28 bits per heavy atom. The van der Waals surface area contributed by atoms with Gasteiger partial charge in [-0.15, -0.1) is 0 Å². The maximum absolute atomic E-state index is 6.14. The zero-order valence-electron chi connectivity index (χ0n) is 10.5. The molecule has 3 nitrogen and oxygen atoms in total. The zero-order chi connectivity index (χ0) is 13.1. The summed E-state index contributed by atoms with van der Waals surface area (Å²) in [7, 11) is 1.71. The molecule has 2 rings (SSSR count). The van der Waals surface area contributed by atoms with Gasteiger partial charge in [-0.3, -0.25) is 0 Å². The third-order valence-corrected chi connectivity index (χ3v) is 3.62. The Bertz CT molecular complexity index is 426. The Morgan fingerprint density at radius 3 is 3.00 bits per heavy atom. The number of hydrogen-bond acceptors (Lipinski definition) is 3. The van der Waals surface area contributed by atoms with E-state index in [-0.39, 0.29) is 12.1 Å². The summed E-state index contributed by atoms with van der Waals surface area (Å²) in [6, 6.07) is 3.83. The molecular formula is C13H17Cl2NO2. The first-order valence-corrected chi connectivity index (χ1v) is 6.75. The molecule has 0 aliphatic carbocycles. The fraction of sp³-hybridized carbons (Fsp3) is 0.538. The molecule has 0 saturated heterocycles. The van der Waals surface area contributed by atoms with Crippen molar-refractivity contribution < 1.29 is 9.47 Å². The first-order chi connectivity index (χ1) is 8.61. The highest BCUT2D eigenvalue weighted by molar-refractivity contribution is 6.35. The van der Waals surface area contributed by atoms with Crippen LogP contribution in [-0.2, 0) is 4.74 Å². The van der Waals surface area contributed by atoms with Crippen molar-refractivity contribution >= 4 is 23.2 Å². The minimum Gasteiger partial charge on any atom is -0.492 e. The highest BCUT2D eigenvalue weighted by Gasteiger charge is 2.24. The zero-order valence-corrected chi connectivity index (χ0v) is 12.0. The second kappa shape index (κ2) is 6.11. The van der Waals surface area contributed by atoms with Gasteiger partial charge in [-0.2, -0.15) is 0 Å². The molecular weight excluding hydrogens is 273 g/mol. The van der Waals surface area contributed by atoms with Gasteiger partial charge in [0.05, 0.1) is 17.7 Å². The van der Waals surface area contributed by atoms with Crippen LogP contribution in [-0.4, -0.2) is 26.4 Å². The molecule has 1 heterocycles. The first-order valence-electron chi connectivity index (χ1n) is 5.99. The van der Waals surface area contributed by atoms with Gasteiger partial charge >= 0.3 is 0 Å². The van der Waals surface area contributed by atoms with E-state index in [0.717, 1.165) is 24.3 Å². The minimum atomic E-state index is 0.172. The molecule has 0 saturated carbocycles. The van der Waals surface area contributed by atoms with Crippen molar-refractivity contribution in [2.45, 2.75) is 25.5 Å². The predicted octanol–water partition coefficient (Wildman–Crippen LogP) is 3.44. The van der Waals surface area contributed by atoms with Crippen LogP contribution in [0.1, 0.15) is 24.9 Å². The van der Waals surface area contributed by atoms with E-state index < -0.39 is 0 Å². The van der Waals surface area contributed by atoms with E-state index in [0.29, 0.717) is 16.7 Å². The second-order valence-corrected chi connectivity index (χ2v) is 5.29. The number of halogens is 2. The van der Waals surface area contributed by atoms with Gasteiger partial charge in [0.25, 0.3) is 0 Å². The maximum Gasteiger partial charge on any atom is 0.142 e. The molecule has 1 aliphatic heterocycles. The number of ether oxygens (including phenoxy) is 2. The molecule has 1 N–H and O–H groups in total. The van der Waals surface area contributed by atoms with Crippen molar-refractivity contribution in [2.75, 3.05) is 20.3 Å². The van der Waals surface area contributed by atoms with Gasteiger partial charge in [0.1, 0.15) is 5.75 Å². The van der Waals surface area contributed by atoms with E-state index in [1.54, 1.807) is 13.2 Å². The van der Waals surface area contributed by atoms with E-state index >= 15 is 0 Å². The van der Waals surface area contributed by atoms with Crippen molar-refractivity contribution in [3.63, 3.8) is 0 Å². The summed E-state index contributed by atoms with van der Waals surface area (Å²) in [4.78, 5) is 0. The molecule has 100 valence electrons. The number of methoxy groups -OCH3 is 1. The molecule has 2 unspecified atom stereocenters. The summed E-state index contributed by atoms with van der Waals surface area (Å²) in [6.45, 7) is 3.47.